The van der Waals surface area contributed by atoms with Gasteiger partial charge in [0.05, 0.1) is 5.92 Å². The van der Waals surface area contributed by atoms with Crippen LogP contribution in [-0.2, 0) is 9.59 Å². The van der Waals surface area contributed by atoms with Gasteiger partial charge in [-0.25, -0.2) is 0 Å². The zero-order valence-corrected chi connectivity index (χ0v) is 12.5. The van der Waals surface area contributed by atoms with E-state index in [-0.39, 0.29) is 24.2 Å². The van der Waals surface area contributed by atoms with Gasteiger partial charge in [-0.3, -0.25) is 9.59 Å². The van der Waals surface area contributed by atoms with Crippen molar-refractivity contribution >= 4 is 23.3 Å². The Balaban J connectivity index is 1.68. The third-order valence-corrected chi connectivity index (χ3v) is 3.72. The molecule has 6 nitrogen and oxygen atoms in total. The van der Waals surface area contributed by atoms with Crippen LogP contribution in [0.5, 0.6) is 0 Å². The van der Waals surface area contributed by atoms with Gasteiger partial charge in [0.25, 0.3) is 0 Å². The third kappa shape index (κ3) is 2.86. The lowest BCUT2D eigenvalue weighted by molar-refractivity contribution is -0.122. The summed E-state index contributed by atoms with van der Waals surface area (Å²) < 4.78 is 4.91. The van der Waals surface area contributed by atoms with E-state index < -0.39 is 0 Å². The highest BCUT2D eigenvalue weighted by molar-refractivity contribution is 6.03. The fourth-order valence-electron chi connectivity index (χ4n) is 2.51. The van der Waals surface area contributed by atoms with Gasteiger partial charge in [0.2, 0.25) is 11.8 Å². The Morgan fingerprint density at radius 2 is 2.05 bits per heavy atom. The van der Waals surface area contributed by atoms with E-state index in [0.717, 1.165) is 11.3 Å². The minimum absolute atomic E-state index is 0.0414. The lowest BCUT2D eigenvalue weighted by atomic mass is 10.1. The zero-order valence-electron chi connectivity index (χ0n) is 12.5. The van der Waals surface area contributed by atoms with Crippen LogP contribution in [-0.4, -0.2) is 23.5 Å². The SMILES string of the molecule is Cc1ccc(N2C[C@@H](C(=O)Nc3cc(C)on3)CC2=O)cc1. The molecule has 1 N–H and O–H groups in total. The molecular weight excluding hydrogens is 282 g/mol. The monoisotopic (exact) mass is 299 g/mol. The molecule has 22 heavy (non-hydrogen) atoms. The fourth-order valence-corrected chi connectivity index (χ4v) is 2.51. The summed E-state index contributed by atoms with van der Waals surface area (Å²) in [5, 5.41) is 6.41. The van der Waals surface area contributed by atoms with E-state index in [1.54, 1.807) is 17.9 Å². The van der Waals surface area contributed by atoms with Crippen molar-refractivity contribution in [1.82, 2.24) is 5.16 Å². The van der Waals surface area contributed by atoms with Crippen molar-refractivity contribution in [2.24, 2.45) is 5.92 Å². The van der Waals surface area contributed by atoms with Crippen LogP contribution in [0.3, 0.4) is 0 Å². The molecule has 0 unspecified atom stereocenters. The summed E-state index contributed by atoms with van der Waals surface area (Å²) in [5.74, 6) is 0.366. The van der Waals surface area contributed by atoms with Crippen molar-refractivity contribution in [1.29, 1.82) is 0 Å². The van der Waals surface area contributed by atoms with Crippen molar-refractivity contribution in [3.8, 4) is 0 Å². The average molecular weight is 299 g/mol. The first-order valence-electron chi connectivity index (χ1n) is 7.14. The number of nitrogens with zero attached hydrogens (tertiary/aromatic N) is 2. The summed E-state index contributed by atoms with van der Waals surface area (Å²) in [7, 11) is 0. The molecular formula is C16H17N3O3. The Morgan fingerprint density at radius 1 is 1.32 bits per heavy atom. The molecule has 1 fully saturated rings. The zero-order chi connectivity index (χ0) is 15.7. The van der Waals surface area contributed by atoms with Gasteiger partial charge in [-0.15, -0.1) is 0 Å². The van der Waals surface area contributed by atoms with Gasteiger partial charge in [-0.05, 0) is 26.0 Å². The molecule has 0 spiro atoms. The summed E-state index contributed by atoms with van der Waals surface area (Å²) in [6, 6.07) is 9.35. The summed E-state index contributed by atoms with van der Waals surface area (Å²) in [6.45, 7) is 4.12. The number of benzene rings is 1. The first-order valence-corrected chi connectivity index (χ1v) is 7.14. The van der Waals surface area contributed by atoms with Gasteiger partial charge in [-0.2, -0.15) is 0 Å². The second-order valence-electron chi connectivity index (χ2n) is 5.55. The molecule has 2 heterocycles. The van der Waals surface area contributed by atoms with E-state index in [1.807, 2.05) is 31.2 Å². The maximum absolute atomic E-state index is 12.2. The largest absolute Gasteiger partial charge is 0.360 e. The summed E-state index contributed by atoms with van der Waals surface area (Å²) in [5.41, 5.74) is 1.95. The molecule has 0 bridgehead atoms. The second-order valence-corrected chi connectivity index (χ2v) is 5.55. The average Bonchev–Trinajstić information content (AvgIpc) is 3.06. The summed E-state index contributed by atoms with van der Waals surface area (Å²) >= 11 is 0. The van der Waals surface area contributed by atoms with E-state index in [0.29, 0.717) is 18.1 Å². The van der Waals surface area contributed by atoms with Gasteiger partial charge < -0.3 is 14.7 Å². The maximum Gasteiger partial charge on any atom is 0.231 e. The van der Waals surface area contributed by atoms with Crippen molar-refractivity contribution in [3.63, 3.8) is 0 Å². The standard InChI is InChI=1S/C16H17N3O3/c1-10-3-5-13(6-4-10)19-9-12(8-15(19)20)16(21)17-14-7-11(2)22-18-14/h3-7,12H,8-9H2,1-2H3,(H,17,18,21)/t12-/m0/s1. The number of carbonyl (C=O) groups excluding carboxylic acids is 2. The van der Waals surface area contributed by atoms with Gasteiger partial charge in [0, 0.05) is 24.7 Å². The van der Waals surface area contributed by atoms with E-state index in [4.69, 9.17) is 4.52 Å². The molecule has 1 saturated heterocycles. The molecule has 114 valence electrons. The Bertz CT molecular complexity index is 706. The quantitative estimate of drug-likeness (QED) is 0.943. The van der Waals surface area contributed by atoms with E-state index in [2.05, 4.69) is 10.5 Å². The summed E-state index contributed by atoms with van der Waals surface area (Å²) in [6.07, 6.45) is 0.205. The van der Waals surface area contributed by atoms with Crippen LogP contribution in [0.4, 0.5) is 11.5 Å². The van der Waals surface area contributed by atoms with Crippen LogP contribution in [0.15, 0.2) is 34.9 Å². The number of rotatable bonds is 3. The molecule has 1 atom stereocenters. The lowest BCUT2D eigenvalue weighted by Gasteiger charge is -2.16. The van der Waals surface area contributed by atoms with Gasteiger partial charge >= 0.3 is 0 Å². The summed E-state index contributed by atoms with van der Waals surface area (Å²) in [4.78, 5) is 26.0. The van der Waals surface area contributed by atoms with Crippen molar-refractivity contribution in [3.05, 3.63) is 41.7 Å². The number of amides is 2. The molecule has 2 aromatic rings. The Labute approximate surface area is 128 Å². The number of nitrogens with one attached hydrogen (secondary N) is 1. The molecule has 0 saturated carbocycles. The topological polar surface area (TPSA) is 75.4 Å². The molecule has 1 aliphatic heterocycles. The number of anilines is 2. The number of hydrogen-bond donors (Lipinski definition) is 1. The maximum atomic E-state index is 12.2. The van der Waals surface area contributed by atoms with E-state index in [9.17, 15) is 9.59 Å². The molecule has 0 aliphatic carbocycles. The highest BCUT2D eigenvalue weighted by Gasteiger charge is 2.35. The van der Waals surface area contributed by atoms with Gasteiger partial charge in [0.15, 0.2) is 5.82 Å². The van der Waals surface area contributed by atoms with Crippen LogP contribution >= 0.6 is 0 Å². The van der Waals surface area contributed by atoms with Crippen LogP contribution in [0.25, 0.3) is 0 Å². The minimum Gasteiger partial charge on any atom is -0.360 e. The predicted molar refractivity (Wildman–Crippen MR) is 81.5 cm³/mol. The minimum atomic E-state index is -0.384. The molecule has 0 radical (unpaired) electrons. The van der Waals surface area contributed by atoms with Crippen molar-refractivity contribution in [2.75, 3.05) is 16.8 Å². The highest BCUT2D eigenvalue weighted by atomic mass is 16.5. The smallest absolute Gasteiger partial charge is 0.231 e. The molecule has 2 amide bonds. The normalized spacial score (nSPS) is 17.8. The Kier molecular flexibility index (Phi) is 3.66. The molecule has 3 rings (SSSR count). The number of carbonyl (C=O) groups is 2. The molecule has 6 heteroatoms. The van der Waals surface area contributed by atoms with Gasteiger partial charge in [-0.1, -0.05) is 22.9 Å². The predicted octanol–water partition coefficient (Wildman–Crippen LogP) is 2.28. The number of hydrogen-bond acceptors (Lipinski definition) is 4. The van der Waals surface area contributed by atoms with Crippen LogP contribution in [0.2, 0.25) is 0 Å². The van der Waals surface area contributed by atoms with Crippen LogP contribution in [0, 0.1) is 19.8 Å². The highest BCUT2D eigenvalue weighted by Crippen LogP contribution is 2.26. The third-order valence-electron chi connectivity index (χ3n) is 3.72. The Morgan fingerprint density at radius 3 is 2.68 bits per heavy atom. The first-order chi connectivity index (χ1) is 10.5. The number of aryl methyl sites for hydroxylation is 2. The van der Waals surface area contributed by atoms with E-state index in [1.165, 1.54) is 0 Å². The Hall–Kier alpha value is -2.63. The van der Waals surface area contributed by atoms with Crippen molar-refractivity contribution in [2.45, 2.75) is 20.3 Å². The van der Waals surface area contributed by atoms with E-state index >= 15 is 0 Å². The molecule has 1 aliphatic rings. The second kappa shape index (κ2) is 5.63. The molecule has 1 aromatic heterocycles. The van der Waals surface area contributed by atoms with Gasteiger partial charge in [0.1, 0.15) is 5.76 Å². The first kappa shape index (κ1) is 14.3. The van der Waals surface area contributed by atoms with Crippen LogP contribution < -0.4 is 10.2 Å². The lowest BCUT2D eigenvalue weighted by Crippen LogP contribution is -2.28. The fraction of sp³-hybridized carbons (Fsp3) is 0.312. The van der Waals surface area contributed by atoms with Crippen LogP contribution in [0.1, 0.15) is 17.7 Å². The number of aromatic nitrogens is 1. The molecule has 1 aromatic carbocycles. The van der Waals surface area contributed by atoms with Crippen molar-refractivity contribution < 1.29 is 14.1 Å².